The van der Waals surface area contributed by atoms with E-state index in [0.717, 1.165) is 72.4 Å². The molecular formula is C33H32N8O. The number of carbonyl (C=O) groups excluding carboxylic acids is 1. The molecule has 0 radical (unpaired) electrons. The van der Waals surface area contributed by atoms with Crippen molar-refractivity contribution in [2.75, 3.05) is 18.8 Å². The number of aromatic nitrogens is 5. The van der Waals surface area contributed by atoms with Crippen LogP contribution in [0.15, 0.2) is 85.8 Å². The first kappa shape index (κ1) is 26.0. The fourth-order valence-electron chi connectivity index (χ4n) is 6.27. The Labute approximate surface area is 244 Å². The molecule has 1 aromatic carbocycles. The molecule has 210 valence electrons. The van der Waals surface area contributed by atoms with Crippen LogP contribution < -0.4 is 11.1 Å². The number of anilines is 1. The molecular weight excluding hydrogens is 524 g/mol. The minimum Gasteiger partial charge on any atom is -0.383 e. The molecule has 42 heavy (non-hydrogen) atoms. The minimum absolute atomic E-state index is 0.0223. The number of benzene rings is 1. The van der Waals surface area contributed by atoms with Gasteiger partial charge < -0.3 is 16.0 Å². The number of amides is 1. The number of nitrogen functional groups attached to an aromatic ring is 1. The Bertz CT molecular complexity index is 1790. The van der Waals surface area contributed by atoms with Crippen molar-refractivity contribution < 1.29 is 4.79 Å². The third kappa shape index (κ3) is 4.71. The van der Waals surface area contributed by atoms with Crippen molar-refractivity contribution in [1.82, 2.24) is 34.7 Å². The van der Waals surface area contributed by atoms with Crippen LogP contribution in [0.2, 0.25) is 0 Å². The molecule has 4 aromatic heterocycles. The molecule has 5 heterocycles. The molecule has 5 aromatic rings. The van der Waals surface area contributed by atoms with Gasteiger partial charge in [0.25, 0.3) is 0 Å². The molecule has 3 N–H and O–H groups in total. The first-order valence-electron chi connectivity index (χ1n) is 14.4. The van der Waals surface area contributed by atoms with Gasteiger partial charge in [0.1, 0.15) is 11.3 Å². The van der Waals surface area contributed by atoms with Gasteiger partial charge in [0.2, 0.25) is 5.91 Å². The van der Waals surface area contributed by atoms with Crippen LogP contribution in [-0.4, -0.2) is 54.4 Å². The summed E-state index contributed by atoms with van der Waals surface area (Å²) in [7, 11) is 0. The molecule has 0 unspecified atom stereocenters. The zero-order valence-corrected chi connectivity index (χ0v) is 23.3. The standard InChI is InChI=1S/C33H32N8O/c1-2-30(42)40-16-12-23(13-17-40)38-28-11-8-21-18-24(9-10-25(21)28)41-32(26-6-5-15-36-31(26)34)39-29-19-22(20-37-33(29)41)27-7-3-4-14-35-27/h2-7,9-10,14-15,18-20,23,28,38H,1,8,11-13,16-17H2,(H2,34,36)/t28-/m0/s1. The average Bonchev–Trinajstić information content (AvgIpc) is 3.62. The molecule has 0 bridgehead atoms. The van der Waals surface area contributed by atoms with E-state index in [1.807, 2.05) is 47.5 Å². The number of hydrogen-bond acceptors (Lipinski definition) is 7. The van der Waals surface area contributed by atoms with Crippen molar-refractivity contribution >= 4 is 22.9 Å². The van der Waals surface area contributed by atoms with E-state index in [9.17, 15) is 4.79 Å². The van der Waals surface area contributed by atoms with Crippen LogP contribution in [0.1, 0.15) is 36.4 Å². The van der Waals surface area contributed by atoms with Crippen LogP contribution in [0.4, 0.5) is 5.82 Å². The maximum atomic E-state index is 12.0. The predicted octanol–water partition coefficient (Wildman–Crippen LogP) is 4.88. The quantitative estimate of drug-likeness (QED) is 0.287. The van der Waals surface area contributed by atoms with Gasteiger partial charge in [-0.25, -0.2) is 15.0 Å². The molecule has 1 fully saturated rings. The number of imidazole rings is 1. The number of hydrogen-bond donors (Lipinski definition) is 2. The number of carbonyl (C=O) groups is 1. The number of nitrogens with two attached hydrogens (primary N) is 1. The Morgan fingerprint density at radius 1 is 1.00 bits per heavy atom. The highest BCUT2D eigenvalue weighted by atomic mass is 16.2. The summed E-state index contributed by atoms with van der Waals surface area (Å²) >= 11 is 0. The normalized spacial score (nSPS) is 17.0. The van der Waals surface area contributed by atoms with Crippen molar-refractivity contribution in [3.8, 4) is 28.3 Å². The number of nitrogens with one attached hydrogen (secondary N) is 1. The molecule has 9 heteroatoms. The lowest BCUT2D eigenvalue weighted by Crippen LogP contribution is -2.45. The summed E-state index contributed by atoms with van der Waals surface area (Å²) < 4.78 is 2.08. The number of likely N-dealkylation sites (tertiary alicyclic amines) is 1. The maximum Gasteiger partial charge on any atom is 0.245 e. The van der Waals surface area contributed by atoms with E-state index in [4.69, 9.17) is 15.7 Å². The number of pyridine rings is 3. The van der Waals surface area contributed by atoms with E-state index in [1.54, 1.807) is 12.4 Å². The summed E-state index contributed by atoms with van der Waals surface area (Å²) in [6, 6.07) is 19.0. The largest absolute Gasteiger partial charge is 0.383 e. The maximum absolute atomic E-state index is 12.0. The second-order valence-electron chi connectivity index (χ2n) is 10.9. The summed E-state index contributed by atoms with van der Waals surface area (Å²) in [5.74, 6) is 1.15. The first-order chi connectivity index (χ1) is 20.6. The molecule has 2 aliphatic rings. The van der Waals surface area contributed by atoms with E-state index in [2.05, 4.69) is 44.6 Å². The van der Waals surface area contributed by atoms with E-state index in [0.29, 0.717) is 23.7 Å². The SMILES string of the molecule is C=CC(=O)N1CCC(N[C@H]2CCc3cc(-n4c(-c5cccnc5N)nc5cc(-c6ccccn6)cnc54)ccc32)CC1. The highest BCUT2D eigenvalue weighted by Crippen LogP contribution is 2.37. The van der Waals surface area contributed by atoms with E-state index in [-0.39, 0.29) is 5.91 Å². The van der Waals surface area contributed by atoms with Crippen molar-refractivity contribution in [3.05, 3.63) is 97.0 Å². The second-order valence-corrected chi connectivity index (χ2v) is 10.9. The monoisotopic (exact) mass is 556 g/mol. The Balaban J connectivity index is 1.22. The number of aryl methyl sites for hydroxylation is 1. The highest BCUT2D eigenvalue weighted by molar-refractivity contribution is 5.87. The average molecular weight is 557 g/mol. The van der Waals surface area contributed by atoms with Crippen LogP contribution in [-0.2, 0) is 11.2 Å². The summed E-state index contributed by atoms with van der Waals surface area (Å²) in [4.78, 5) is 32.6. The van der Waals surface area contributed by atoms with Gasteiger partial charge in [-0.1, -0.05) is 18.7 Å². The summed E-state index contributed by atoms with van der Waals surface area (Å²) in [6.07, 6.45) is 10.7. The molecule has 1 amide bonds. The molecule has 1 saturated heterocycles. The van der Waals surface area contributed by atoms with Gasteiger partial charge in [-0.15, -0.1) is 0 Å². The lowest BCUT2D eigenvalue weighted by atomic mass is 10.0. The number of piperidine rings is 1. The Morgan fingerprint density at radius 2 is 1.86 bits per heavy atom. The third-order valence-electron chi connectivity index (χ3n) is 8.42. The Kier molecular flexibility index (Phi) is 6.71. The van der Waals surface area contributed by atoms with Crippen molar-refractivity contribution in [2.24, 2.45) is 0 Å². The molecule has 1 atom stereocenters. The lowest BCUT2D eigenvalue weighted by Gasteiger charge is -2.33. The lowest BCUT2D eigenvalue weighted by molar-refractivity contribution is -0.127. The van der Waals surface area contributed by atoms with Crippen LogP contribution in [0.25, 0.3) is 39.5 Å². The first-order valence-corrected chi connectivity index (χ1v) is 14.4. The summed E-state index contributed by atoms with van der Waals surface area (Å²) in [5.41, 5.74) is 14.0. The second kappa shape index (κ2) is 10.8. The van der Waals surface area contributed by atoms with Crippen LogP contribution >= 0.6 is 0 Å². The minimum atomic E-state index is 0.0223. The van der Waals surface area contributed by atoms with E-state index >= 15 is 0 Å². The van der Waals surface area contributed by atoms with Gasteiger partial charge in [-0.2, -0.15) is 0 Å². The van der Waals surface area contributed by atoms with Crippen molar-refractivity contribution in [3.63, 3.8) is 0 Å². The van der Waals surface area contributed by atoms with Gasteiger partial charge in [-0.05, 0) is 85.4 Å². The fourth-order valence-corrected chi connectivity index (χ4v) is 6.27. The predicted molar refractivity (Wildman–Crippen MR) is 164 cm³/mol. The van der Waals surface area contributed by atoms with Crippen molar-refractivity contribution in [1.29, 1.82) is 0 Å². The van der Waals surface area contributed by atoms with E-state index in [1.165, 1.54) is 17.2 Å². The molecule has 7 rings (SSSR count). The number of fused-ring (bicyclic) bond motifs is 2. The molecule has 0 spiro atoms. The van der Waals surface area contributed by atoms with Crippen LogP contribution in [0, 0.1) is 0 Å². The van der Waals surface area contributed by atoms with Gasteiger partial charge in [0.05, 0.1) is 11.3 Å². The van der Waals surface area contributed by atoms with Crippen LogP contribution in [0.3, 0.4) is 0 Å². The Morgan fingerprint density at radius 3 is 2.64 bits per heavy atom. The van der Waals surface area contributed by atoms with E-state index < -0.39 is 0 Å². The summed E-state index contributed by atoms with van der Waals surface area (Å²) in [6.45, 7) is 5.16. The molecule has 1 aliphatic carbocycles. The topological polar surface area (TPSA) is 115 Å². The number of rotatable bonds is 6. The zero-order chi connectivity index (χ0) is 28.6. The van der Waals surface area contributed by atoms with Crippen molar-refractivity contribution in [2.45, 2.75) is 37.8 Å². The van der Waals surface area contributed by atoms with Gasteiger partial charge in [-0.3, -0.25) is 14.3 Å². The molecule has 1 aliphatic heterocycles. The zero-order valence-electron chi connectivity index (χ0n) is 23.3. The Hall–Kier alpha value is -4.89. The smallest absolute Gasteiger partial charge is 0.245 e. The molecule has 9 nitrogen and oxygen atoms in total. The number of nitrogens with zero attached hydrogens (tertiary/aromatic N) is 6. The van der Waals surface area contributed by atoms with Gasteiger partial charge >= 0.3 is 0 Å². The fraction of sp³-hybridized carbons (Fsp3) is 0.242. The third-order valence-corrected chi connectivity index (χ3v) is 8.42. The summed E-state index contributed by atoms with van der Waals surface area (Å²) in [5, 5.41) is 3.88. The highest BCUT2D eigenvalue weighted by Gasteiger charge is 2.29. The van der Waals surface area contributed by atoms with Gasteiger partial charge in [0, 0.05) is 55.0 Å². The van der Waals surface area contributed by atoms with Gasteiger partial charge in [0.15, 0.2) is 11.5 Å². The van der Waals surface area contributed by atoms with Crippen LogP contribution in [0.5, 0.6) is 0 Å². The molecule has 0 saturated carbocycles.